The van der Waals surface area contributed by atoms with Crippen LogP contribution in [-0.2, 0) is 9.63 Å². The topological polar surface area (TPSA) is 29.5 Å². The summed E-state index contributed by atoms with van der Waals surface area (Å²) in [4.78, 5) is 15.0. The van der Waals surface area contributed by atoms with Gasteiger partial charge >= 0.3 is 5.97 Å². The van der Waals surface area contributed by atoms with Crippen molar-refractivity contribution in [1.82, 2.24) is 5.06 Å². The van der Waals surface area contributed by atoms with Gasteiger partial charge < -0.3 is 4.84 Å². The number of carbonyl (C=O) groups excluding carboxylic acids is 1. The Bertz CT molecular complexity index is 185. The van der Waals surface area contributed by atoms with E-state index in [4.69, 9.17) is 0 Å². The quantitative estimate of drug-likeness (QED) is 0.454. The van der Waals surface area contributed by atoms with Gasteiger partial charge in [0.2, 0.25) is 0 Å². The average Bonchev–Trinajstić information content (AvgIpc) is 1.97. The molecule has 3 heteroatoms. The molecule has 0 fully saturated rings. The third kappa shape index (κ3) is 4.96. The van der Waals surface area contributed by atoms with E-state index in [1.807, 2.05) is 0 Å². The minimum Gasteiger partial charge on any atom is -0.337 e. The van der Waals surface area contributed by atoms with Crippen molar-refractivity contribution in [2.75, 3.05) is 0 Å². The van der Waals surface area contributed by atoms with Crippen molar-refractivity contribution in [1.29, 1.82) is 0 Å². The van der Waals surface area contributed by atoms with Crippen molar-refractivity contribution in [3.8, 4) is 0 Å². The molecule has 0 bridgehead atoms. The summed E-state index contributed by atoms with van der Waals surface area (Å²) in [5.41, 5.74) is 0. The van der Waals surface area contributed by atoms with Crippen LogP contribution in [0.1, 0.15) is 6.92 Å². The highest BCUT2D eigenvalue weighted by molar-refractivity contribution is 5.65. The number of hydrogen-bond donors (Lipinski definition) is 0. The molecule has 0 N–H and O–H groups in total. The summed E-state index contributed by atoms with van der Waals surface area (Å²) in [6.07, 6.45) is 6.10. The summed E-state index contributed by atoms with van der Waals surface area (Å²) in [5, 5.41) is 1.20. The van der Waals surface area contributed by atoms with Crippen molar-refractivity contribution in [3.05, 3.63) is 37.7 Å². The molecule has 0 aliphatic rings. The van der Waals surface area contributed by atoms with Crippen LogP contribution in [0.25, 0.3) is 0 Å². The Morgan fingerprint density at radius 1 is 1.55 bits per heavy atom. The van der Waals surface area contributed by atoms with E-state index in [0.29, 0.717) is 0 Å². The zero-order valence-corrected chi connectivity index (χ0v) is 6.49. The molecule has 0 rings (SSSR count). The zero-order valence-electron chi connectivity index (χ0n) is 6.49. The summed E-state index contributed by atoms with van der Waals surface area (Å²) in [5.74, 6) is -0.390. The molecule has 11 heavy (non-hydrogen) atoms. The molecular weight excluding hydrogens is 142 g/mol. The van der Waals surface area contributed by atoms with Crippen molar-refractivity contribution < 1.29 is 9.63 Å². The number of hydroxylamine groups is 2. The van der Waals surface area contributed by atoms with Crippen LogP contribution in [0, 0.1) is 0 Å². The van der Waals surface area contributed by atoms with Gasteiger partial charge in [-0.2, -0.15) is 5.06 Å². The summed E-state index contributed by atoms with van der Waals surface area (Å²) in [6.45, 7) is 8.21. The Labute approximate surface area is 66.2 Å². The predicted octanol–water partition coefficient (Wildman–Crippen LogP) is 1.61. The fraction of sp³-hybridized carbons (Fsp3) is 0.125. The lowest BCUT2D eigenvalue weighted by Gasteiger charge is -2.11. The van der Waals surface area contributed by atoms with Crippen molar-refractivity contribution in [2.45, 2.75) is 6.92 Å². The summed E-state index contributed by atoms with van der Waals surface area (Å²) >= 11 is 0. The maximum absolute atomic E-state index is 10.4. The fourth-order valence-corrected chi connectivity index (χ4v) is 0.423. The molecule has 0 aromatic rings. The SMILES string of the molecule is C=C/C=C\N(C=C)OC(C)=O. The zero-order chi connectivity index (χ0) is 8.69. The largest absolute Gasteiger partial charge is 0.337 e. The molecule has 0 radical (unpaired) electrons. The highest BCUT2D eigenvalue weighted by atomic mass is 16.7. The Morgan fingerprint density at radius 3 is 2.55 bits per heavy atom. The van der Waals surface area contributed by atoms with E-state index in [1.54, 1.807) is 12.2 Å². The first-order valence-electron chi connectivity index (χ1n) is 3.09. The lowest BCUT2D eigenvalue weighted by atomic mass is 10.6. The fourth-order valence-electron chi connectivity index (χ4n) is 0.423. The highest BCUT2D eigenvalue weighted by Gasteiger charge is 1.95. The smallest absolute Gasteiger partial charge is 0.329 e. The van der Waals surface area contributed by atoms with Gasteiger partial charge in [-0.15, -0.1) is 0 Å². The molecule has 0 aliphatic carbocycles. The average molecular weight is 153 g/mol. The van der Waals surface area contributed by atoms with Gasteiger partial charge in [0.25, 0.3) is 0 Å². The number of nitrogens with zero attached hydrogens (tertiary/aromatic N) is 1. The van der Waals surface area contributed by atoms with Crippen LogP contribution < -0.4 is 0 Å². The molecule has 3 nitrogen and oxygen atoms in total. The van der Waals surface area contributed by atoms with Gasteiger partial charge in [0.05, 0.1) is 0 Å². The Morgan fingerprint density at radius 2 is 2.18 bits per heavy atom. The summed E-state index contributed by atoms with van der Waals surface area (Å²) in [7, 11) is 0. The summed E-state index contributed by atoms with van der Waals surface area (Å²) in [6, 6.07) is 0. The normalized spacial score (nSPS) is 9.18. The molecule has 0 aromatic heterocycles. The number of allylic oxidation sites excluding steroid dienone is 2. The monoisotopic (exact) mass is 153 g/mol. The van der Waals surface area contributed by atoms with E-state index in [1.165, 1.54) is 24.4 Å². The molecule has 0 aliphatic heterocycles. The molecule has 0 spiro atoms. The van der Waals surface area contributed by atoms with Gasteiger partial charge in [-0.25, -0.2) is 4.79 Å². The first-order chi connectivity index (χ1) is 5.20. The van der Waals surface area contributed by atoms with Gasteiger partial charge in [0.15, 0.2) is 0 Å². The molecule has 0 saturated heterocycles. The molecule has 0 atom stereocenters. The maximum atomic E-state index is 10.4. The van der Waals surface area contributed by atoms with Crippen molar-refractivity contribution in [3.63, 3.8) is 0 Å². The van der Waals surface area contributed by atoms with Crippen LogP contribution in [0.15, 0.2) is 37.7 Å². The van der Waals surface area contributed by atoms with Crippen LogP contribution in [0.3, 0.4) is 0 Å². The number of rotatable bonds is 4. The number of hydrogen-bond acceptors (Lipinski definition) is 3. The third-order valence-corrected chi connectivity index (χ3v) is 0.783. The Kier molecular flexibility index (Phi) is 4.56. The minimum atomic E-state index is -0.390. The van der Waals surface area contributed by atoms with Gasteiger partial charge in [-0.1, -0.05) is 19.2 Å². The molecule has 0 saturated carbocycles. The Hall–Kier alpha value is -1.51. The van der Waals surface area contributed by atoms with E-state index < -0.39 is 5.97 Å². The van der Waals surface area contributed by atoms with E-state index in [0.717, 1.165) is 0 Å². The van der Waals surface area contributed by atoms with Crippen LogP contribution >= 0.6 is 0 Å². The molecule has 60 valence electrons. The highest BCUT2D eigenvalue weighted by Crippen LogP contribution is 1.92. The van der Waals surface area contributed by atoms with Crippen LogP contribution in [-0.4, -0.2) is 11.0 Å². The second kappa shape index (κ2) is 5.29. The lowest BCUT2D eigenvalue weighted by molar-refractivity contribution is -0.166. The second-order valence-corrected chi connectivity index (χ2v) is 1.70. The molecule has 0 heterocycles. The first-order valence-corrected chi connectivity index (χ1v) is 3.09. The molecular formula is C8H11NO2. The van der Waals surface area contributed by atoms with Gasteiger partial charge in [-0.3, -0.25) is 0 Å². The van der Waals surface area contributed by atoms with Crippen LogP contribution in [0.2, 0.25) is 0 Å². The first kappa shape index (κ1) is 9.49. The Balaban J connectivity index is 3.94. The van der Waals surface area contributed by atoms with E-state index in [2.05, 4.69) is 18.0 Å². The van der Waals surface area contributed by atoms with E-state index in [-0.39, 0.29) is 0 Å². The minimum absolute atomic E-state index is 0.390. The van der Waals surface area contributed by atoms with E-state index >= 15 is 0 Å². The summed E-state index contributed by atoms with van der Waals surface area (Å²) < 4.78 is 0. The molecule has 0 amide bonds. The van der Waals surface area contributed by atoms with Gasteiger partial charge in [0, 0.05) is 19.3 Å². The van der Waals surface area contributed by atoms with Crippen molar-refractivity contribution >= 4 is 5.97 Å². The molecule has 0 aromatic carbocycles. The predicted molar refractivity (Wildman–Crippen MR) is 43.1 cm³/mol. The third-order valence-electron chi connectivity index (χ3n) is 0.783. The lowest BCUT2D eigenvalue weighted by Crippen LogP contribution is -2.13. The van der Waals surface area contributed by atoms with Crippen molar-refractivity contribution in [2.24, 2.45) is 0 Å². The second-order valence-electron chi connectivity index (χ2n) is 1.70. The van der Waals surface area contributed by atoms with E-state index in [9.17, 15) is 4.79 Å². The van der Waals surface area contributed by atoms with Gasteiger partial charge in [0.1, 0.15) is 0 Å². The maximum Gasteiger partial charge on any atom is 0.329 e. The van der Waals surface area contributed by atoms with Crippen LogP contribution in [0.4, 0.5) is 0 Å². The molecule has 0 unspecified atom stereocenters. The number of carbonyl (C=O) groups is 1. The standard InChI is InChI=1S/C8H11NO2/c1-4-6-7-9(5-2)11-8(3)10/h4-7H,1-2H2,3H3/b7-6-. The van der Waals surface area contributed by atoms with Crippen LogP contribution in [0.5, 0.6) is 0 Å². The van der Waals surface area contributed by atoms with Gasteiger partial charge in [-0.05, 0) is 6.08 Å².